The predicted molar refractivity (Wildman–Crippen MR) is 53.4 cm³/mol. The summed E-state index contributed by atoms with van der Waals surface area (Å²) in [5, 5.41) is 3.28. The fourth-order valence-electron chi connectivity index (χ4n) is 1.77. The first-order valence-corrected chi connectivity index (χ1v) is 4.97. The van der Waals surface area contributed by atoms with Crippen LogP contribution in [0.4, 0.5) is 0 Å². The molecule has 0 aromatic carbocycles. The Bertz CT molecular complexity index is 189. The smallest absolute Gasteiger partial charge is 0.239 e. The Morgan fingerprint density at radius 2 is 2.08 bits per heavy atom. The Labute approximate surface area is 80.5 Å². The fraction of sp³-hybridized carbons (Fsp3) is 0.900. The zero-order chi connectivity index (χ0) is 10.0. The van der Waals surface area contributed by atoms with Crippen molar-refractivity contribution in [3.63, 3.8) is 0 Å². The van der Waals surface area contributed by atoms with Crippen LogP contribution in [-0.2, 0) is 4.79 Å². The molecule has 0 aromatic rings. The molecule has 0 saturated carbocycles. The summed E-state index contributed by atoms with van der Waals surface area (Å²) in [6, 6.07) is 0.0578. The SMILES string of the molecule is CC(C)[C@H]1CN[C@@H](C(=O)N(C)C)C1. The van der Waals surface area contributed by atoms with E-state index in [0.29, 0.717) is 11.8 Å². The van der Waals surface area contributed by atoms with E-state index in [1.165, 1.54) is 0 Å². The minimum atomic E-state index is 0.0578. The number of hydrogen-bond acceptors (Lipinski definition) is 2. The standard InChI is InChI=1S/C10H20N2O/c1-7(2)8-5-9(11-6-8)10(13)12(3)4/h7-9,11H,5-6H2,1-4H3/t8-,9-/m1/s1. The van der Waals surface area contributed by atoms with E-state index < -0.39 is 0 Å². The maximum absolute atomic E-state index is 11.6. The largest absolute Gasteiger partial charge is 0.347 e. The predicted octanol–water partition coefficient (Wildman–Crippen LogP) is 0.709. The lowest BCUT2D eigenvalue weighted by Gasteiger charge is -2.16. The number of nitrogens with zero attached hydrogens (tertiary/aromatic N) is 1. The molecule has 1 fully saturated rings. The lowest BCUT2D eigenvalue weighted by atomic mass is 9.93. The van der Waals surface area contributed by atoms with Crippen LogP contribution in [0.2, 0.25) is 0 Å². The van der Waals surface area contributed by atoms with Crippen LogP contribution in [0.1, 0.15) is 20.3 Å². The summed E-state index contributed by atoms with van der Waals surface area (Å²) < 4.78 is 0. The van der Waals surface area contributed by atoms with Crippen LogP contribution in [0.3, 0.4) is 0 Å². The van der Waals surface area contributed by atoms with E-state index in [-0.39, 0.29) is 11.9 Å². The summed E-state index contributed by atoms with van der Waals surface area (Å²) in [4.78, 5) is 13.2. The number of hydrogen-bond donors (Lipinski definition) is 1. The van der Waals surface area contributed by atoms with E-state index in [2.05, 4.69) is 19.2 Å². The fourth-order valence-corrected chi connectivity index (χ4v) is 1.77. The lowest BCUT2D eigenvalue weighted by Crippen LogP contribution is -2.39. The average molecular weight is 184 g/mol. The molecule has 1 saturated heterocycles. The number of likely N-dealkylation sites (N-methyl/N-ethyl adjacent to an activating group) is 1. The van der Waals surface area contributed by atoms with E-state index in [1.54, 1.807) is 4.90 Å². The normalized spacial score (nSPS) is 28.1. The van der Waals surface area contributed by atoms with E-state index in [1.807, 2.05) is 14.1 Å². The first-order chi connectivity index (χ1) is 6.02. The van der Waals surface area contributed by atoms with Crippen molar-refractivity contribution in [2.24, 2.45) is 11.8 Å². The van der Waals surface area contributed by atoms with Crippen LogP contribution < -0.4 is 5.32 Å². The van der Waals surface area contributed by atoms with Gasteiger partial charge in [0.05, 0.1) is 6.04 Å². The summed E-state index contributed by atoms with van der Waals surface area (Å²) in [5.41, 5.74) is 0. The number of carbonyl (C=O) groups is 1. The van der Waals surface area contributed by atoms with Crippen molar-refractivity contribution in [3.8, 4) is 0 Å². The van der Waals surface area contributed by atoms with Gasteiger partial charge < -0.3 is 10.2 Å². The average Bonchev–Trinajstić information content (AvgIpc) is 2.50. The summed E-state index contributed by atoms with van der Waals surface area (Å²) in [6.07, 6.45) is 0.995. The molecule has 2 atom stereocenters. The molecule has 13 heavy (non-hydrogen) atoms. The molecule has 1 heterocycles. The number of amides is 1. The maximum atomic E-state index is 11.6. The monoisotopic (exact) mass is 184 g/mol. The molecule has 0 radical (unpaired) electrons. The van der Waals surface area contributed by atoms with E-state index in [0.717, 1.165) is 13.0 Å². The molecule has 0 aliphatic carbocycles. The van der Waals surface area contributed by atoms with Crippen LogP contribution in [0.25, 0.3) is 0 Å². The molecule has 1 amide bonds. The Kier molecular flexibility index (Phi) is 3.31. The molecule has 1 rings (SSSR count). The van der Waals surface area contributed by atoms with Gasteiger partial charge >= 0.3 is 0 Å². The minimum absolute atomic E-state index is 0.0578. The van der Waals surface area contributed by atoms with Gasteiger partial charge in [-0.15, -0.1) is 0 Å². The molecule has 0 unspecified atom stereocenters. The van der Waals surface area contributed by atoms with Crippen LogP contribution in [0, 0.1) is 11.8 Å². The Balaban J connectivity index is 2.45. The van der Waals surface area contributed by atoms with Crippen LogP contribution >= 0.6 is 0 Å². The first-order valence-electron chi connectivity index (χ1n) is 4.97. The highest BCUT2D eigenvalue weighted by Crippen LogP contribution is 2.22. The highest BCUT2D eigenvalue weighted by atomic mass is 16.2. The topological polar surface area (TPSA) is 32.3 Å². The summed E-state index contributed by atoms with van der Waals surface area (Å²) in [5.74, 6) is 1.55. The second-order valence-corrected chi connectivity index (χ2v) is 4.43. The third-order valence-corrected chi connectivity index (χ3v) is 2.85. The first kappa shape index (κ1) is 10.5. The molecule has 1 aliphatic rings. The van der Waals surface area contributed by atoms with Crippen molar-refractivity contribution in [1.29, 1.82) is 0 Å². The molecule has 0 spiro atoms. The Morgan fingerprint density at radius 3 is 2.46 bits per heavy atom. The van der Waals surface area contributed by atoms with E-state index in [4.69, 9.17) is 0 Å². The minimum Gasteiger partial charge on any atom is -0.347 e. The van der Waals surface area contributed by atoms with Crippen LogP contribution in [0.15, 0.2) is 0 Å². The Morgan fingerprint density at radius 1 is 1.46 bits per heavy atom. The molecular formula is C10H20N2O. The zero-order valence-corrected chi connectivity index (χ0v) is 9.00. The van der Waals surface area contributed by atoms with Gasteiger partial charge in [0, 0.05) is 14.1 Å². The van der Waals surface area contributed by atoms with E-state index in [9.17, 15) is 4.79 Å². The molecule has 3 heteroatoms. The van der Waals surface area contributed by atoms with Gasteiger partial charge in [-0.25, -0.2) is 0 Å². The van der Waals surface area contributed by atoms with Crippen molar-refractivity contribution >= 4 is 5.91 Å². The van der Waals surface area contributed by atoms with Gasteiger partial charge in [-0.05, 0) is 24.8 Å². The zero-order valence-electron chi connectivity index (χ0n) is 9.00. The lowest BCUT2D eigenvalue weighted by molar-refractivity contribution is -0.130. The second kappa shape index (κ2) is 4.09. The van der Waals surface area contributed by atoms with Crippen LogP contribution in [-0.4, -0.2) is 37.5 Å². The molecule has 0 bridgehead atoms. The van der Waals surface area contributed by atoms with Gasteiger partial charge in [0.25, 0.3) is 0 Å². The molecular weight excluding hydrogens is 164 g/mol. The highest BCUT2D eigenvalue weighted by molar-refractivity contribution is 5.81. The van der Waals surface area contributed by atoms with Gasteiger partial charge in [0.15, 0.2) is 0 Å². The third kappa shape index (κ3) is 2.44. The Hall–Kier alpha value is -0.570. The van der Waals surface area contributed by atoms with Gasteiger partial charge in [-0.1, -0.05) is 13.8 Å². The maximum Gasteiger partial charge on any atom is 0.239 e. The number of carbonyl (C=O) groups excluding carboxylic acids is 1. The van der Waals surface area contributed by atoms with Crippen molar-refractivity contribution in [2.45, 2.75) is 26.3 Å². The van der Waals surface area contributed by atoms with Crippen molar-refractivity contribution in [2.75, 3.05) is 20.6 Å². The number of rotatable bonds is 2. The van der Waals surface area contributed by atoms with Crippen LogP contribution in [0.5, 0.6) is 0 Å². The van der Waals surface area contributed by atoms with Crippen molar-refractivity contribution < 1.29 is 4.79 Å². The highest BCUT2D eigenvalue weighted by Gasteiger charge is 2.31. The summed E-state index contributed by atoms with van der Waals surface area (Å²) in [6.45, 7) is 5.42. The summed E-state index contributed by atoms with van der Waals surface area (Å²) in [7, 11) is 3.62. The summed E-state index contributed by atoms with van der Waals surface area (Å²) >= 11 is 0. The van der Waals surface area contributed by atoms with Crippen molar-refractivity contribution in [3.05, 3.63) is 0 Å². The number of nitrogens with one attached hydrogen (secondary N) is 1. The van der Waals surface area contributed by atoms with Gasteiger partial charge in [-0.3, -0.25) is 4.79 Å². The molecule has 76 valence electrons. The molecule has 1 N–H and O–H groups in total. The van der Waals surface area contributed by atoms with Gasteiger partial charge in [-0.2, -0.15) is 0 Å². The van der Waals surface area contributed by atoms with E-state index >= 15 is 0 Å². The molecule has 1 aliphatic heterocycles. The second-order valence-electron chi connectivity index (χ2n) is 4.43. The van der Waals surface area contributed by atoms with Gasteiger partial charge in [0.1, 0.15) is 0 Å². The molecule has 3 nitrogen and oxygen atoms in total. The van der Waals surface area contributed by atoms with Gasteiger partial charge in [0.2, 0.25) is 5.91 Å². The quantitative estimate of drug-likeness (QED) is 0.685. The van der Waals surface area contributed by atoms with Crippen molar-refractivity contribution in [1.82, 2.24) is 10.2 Å². The third-order valence-electron chi connectivity index (χ3n) is 2.85. The molecule has 0 aromatic heterocycles.